The Morgan fingerprint density at radius 2 is 1.85 bits per heavy atom. The van der Waals surface area contributed by atoms with Crippen molar-refractivity contribution in [2.24, 2.45) is 0 Å². The van der Waals surface area contributed by atoms with Crippen LogP contribution in [0.2, 0.25) is 0 Å². The highest BCUT2D eigenvalue weighted by atomic mass is 16.5. The van der Waals surface area contributed by atoms with Gasteiger partial charge in [-0.25, -0.2) is 4.79 Å². The van der Waals surface area contributed by atoms with Gasteiger partial charge in [0, 0.05) is 18.3 Å². The second kappa shape index (κ2) is 7.90. The molecule has 2 amide bonds. The van der Waals surface area contributed by atoms with Crippen LogP contribution in [0.4, 0.5) is 5.69 Å². The lowest BCUT2D eigenvalue weighted by molar-refractivity contribution is -0.135. The number of carbonyl (C=O) groups excluding carboxylic acids is 3. The Bertz CT molecular complexity index is 863. The second-order valence-corrected chi connectivity index (χ2v) is 6.21. The van der Waals surface area contributed by atoms with E-state index < -0.39 is 12.1 Å². The van der Waals surface area contributed by atoms with Gasteiger partial charge in [-0.15, -0.1) is 0 Å². The van der Waals surface area contributed by atoms with Crippen molar-refractivity contribution in [3.05, 3.63) is 59.7 Å². The van der Waals surface area contributed by atoms with Gasteiger partial charge in [-0.2, -0.15) is 0 Å². The van der Waals surface area contributed by atoms with Crippen molar-refractivity contribution in [3.8, 4) is 5.75 Å². The number of rotatable bonds is 6. The number of ether oxygens (including phenoxy) is 2. The predicted octanol–water partition coefficient (Wildman–Crippen LogP) is 2.39. The van der Waals surface area contributed by atoms with E-state index in [1.165, 1.54) is 4.90 Å². The number of nitrogens with zero attached hydrogens (tertiary/aromatic N) is 1. The molecule has 140 valence electrons. The van der Waals surface area contributed by atoms with E-state index in [2.05, 4.69) is 5.32 Å². The third-order valence-electron chi connectivity index (χ3n) is 4.32. The molecule has 0 saturated heterocycles. The van der Waals surface area contributed by atoms with Crippen LogP contribution in [-0.4, -0.2) is 43.4 Å². The number of anilines is 1. The van der Waals surface area contributed by atoms with Gasteiger partial charge in [0.2, 0.25) is 11.8 Å². The number of fused-ring (bicyclic) bond motifs is 1. The molecule has 0 radical (unpaired) electrons. The van der Waals surface area contributed by atoms with E-state index in [1.807, 2.05) is 0 Å². The maximum absolute atomic E-state index is 12.4. The van der Waals surface area contributed by atoms with Gasteiger partial charge in [-0.3, -0.25) is 9.59 Å². The van der Waals surface area contributed by atoms with Crippen LogP contribution < -0.4 is 10.1 Å². The zero-order chi connectivity index (χ0) is 19.4. The summed E-state index contributed by atoms with van der Waals surface area (Å²) in [7, 11) is 3.10. The summed E-state index contributed by atoms with van der Waals surface area (Å²) in [5.74, 6) is -0.343. The van der Waals surface area contributed by atoms with E-state index in [1.54, 1.807) is 62.7 Å². The Labute approximate surface area is 156 Å². The number of hydrogen-bond donors (Lipinski definition) is 1. The highest BCUT2D eigenvalue weighted by molar-refractivity contribution is 5.96. The summed E-state index contributed by atoms with van der Waals surface area (Å²) in [6, 6.07) is 13.9. The maximum atomic E-state index is 12.4. The number of esters is 1. The Morgan fingerprint density at radius 1 is 1.15 bits per heavy atom. The summed E-state index contributed by atoms with van der Waals surface area (Å²) >= 11 is 0. The first-order chi connectivity index (χ1) is 13.0. The number of cyclic esters (lactones) is 1. The molecule has 1 atom stereocenters. The van der Waals surface area contributed by atoms with Crippen LogP contribution in [-0.2, 0) is 14.3 Å². The summed E-state index contributed by atoms with van der Waals surface area (Å²) in [4.78, 5) is 37.7. The van der Waals surface area contributed by atoms with Crippen molar-refractivity contribution >= 4 is 23.5 Å². The van der Waals surface area contributed by atoms with Crippen LogP contribution in [0, 0.1) is 0 Å². The van der Waals surface area contributed by atoms with Crippen molar-refractivity contribution in [1.29, 1.82) is 0 Å². The van der Waals surface area contributed by atoms with Gasteiger partial charge in [0.15, 0.2) is 0 Å². The molecular weight excluding hydrogens is 348 g/mol. The quantitative estimate of drug-likeness (QED) is 0.792. The van der Waals surface area contributed by atoms with Gasteiger partial charge in [0.25, 0.3) is 0 Å². The molecule has 1 aliphatic rings. The molecular formula is C20H20N2O5. The molecule has 1 N–H and O–H groups in total. The fraction of sp³-hybridized carbons (Fsp3) is 0.250. The first-order valence-corrected chi connectivity index (χ1v) is 8.45. The zero-order valence-corrected chi connectivity index (χ0v) is 15.1. The van der Waals surface area contributed by atoms with Crippen molar-refractivity contribution in [2.75, 3.05) is 26.0 Å². The molecule has 0 unspecified atom stereocenters. The minimum atomic E-state index is -0.617. The lowest BCUT2D eigenvalue weighted by Gasteiger charge is -2.19. The van der Waals surface area contributed by atoms with Crippen LogP contribution in [0.5, 0.6) is 5.75 Å². The first kappa shape index (κ1) is 18.4. The smallest absolute Gasteiger partial charge is 0.339 e. The minimum Gasteiger partial charge on any atom is -0.497 e. The van der Waals surface area contributed by atoms with Gasteiger partial charge in [-0.05, 0) is 30.3 Å². The third-order valence-corrected chi connectivity index (χ3v) is 4.32. The van der Waals surface area contributed by atoms with E-state index in [9.17, 15) is 14.4 Å². The molecule has 7 heteroatoms. The average Bonchev–Trinajstić information content (AvgIpc) is 2.98. The standard InChI is InChI=1S/C20H20N2O5/c1-22(12-18(23)21-13-7-9-14(26-2)10-8-13)19(24)11-17-15-5-3-4-6-16(15)20(25)27-17/h3-10,17H,11-12H2,1-2H3,(H,21,23)/t17-/m1/s1. The van der Waals surface area contributed by atoms with E-state index in [4.69, 9.17) is 9.47 Å². The number of benzene rings is 2. The third kappa shape index (κ3) is 4.25. The highest BCUT2D eigenvalue weighted by Crippen LogP contribution is 2.33. The van der Waals surface area contributed by atoms with Crippen LogP contribution in [0.15, 0.2) is 48.5 Å². The lowest BCUT2D eigenvalue weighted by Crippen LogP contribution is -2.35. The lowest BCUT2D eigenvalue weighted by atomic mass is 10.0. The normalized spacial score (nSPS) is 14.9. The summed E-state index contributed by atoms with van der Waals surface area (Å²) in [6.07, 6.45) is -0.622. The molecule has 27 heavy (non-hydrogen) atoms. The fourth-order valence-electron chi connectivity index (χ4n) is 2.86. The molecule has 0 bridgehead atoms. The van der Waals surface area contributed by atoms with Crippen molar-refractivity contribution in [2.45, 2.75) is 12.5 Å². The molecule has 7 nitrogen and oxygen atoms in total. The number of likely N-dealkylation sites (N-methyl/N-ethyl adjacent to an activating group) is 1. The number of amides is 2. The molecule has 3 rings (SSSR count). The van der Waals surface area contributed by atoms with Gasteiger partial charge >= 0.3 is 5.97 Å². The Hall–Kier alpha value is -3.35. The predicted molar refractivity (Wildman–Crippen MR) is 98.5 cm³/mol. The Morgan fingerprint density at radius 3 is 2.56 bits per heavy atom. The number of hydrogen-bond acceptors (Lipinski definition) is 5. The fourth-order valence-corrected chi connectivity index (χ4v) is 2.86. The number of carbonyl (C=O) groups is 3. The van der Waals surface area contributed by atoms with Crippen LogP contribution in [0.1, 0.15) is 28.4 Å². The van der Waals surface area contributed by atoms with Gasteiger partial charge < -0.3 is 19.7 Å². The zero-order valence-electron chi connectivity index (χ0n) is 15.1. The topological polar surface area (TPSA) is 84.9 Å². The SMILES string of the molecule is COc1ccc(NC(=O)CN(C)C(=O)C[C@H]2OC(=O)c3ccccc32)cc1. The summed E-state index contributed by atoms with van der Waals surface area (Å²) in [5.41, 5.74) is 1.79. The Kier molecular flexibility index (Phi) is 5.40. The van der Waals surface area contributed by atoms with Crippen molar-refractivity contribution in [1.82, 2.24) is 4.90 Å². The van der Waals surface area contributed by atoms with E-state index in [-0.39, 0.29) is 24.8 Å². The van der Waals surface area contributed by atoms with E-state index in [0.717, 1.165) is 0 Å². The first-order valence-electron chi connectivity index (χ1n) is 8.45. The molecule has 0 fully saturated rings. The van der Waals surface area contributed by atoms with Crippen molar-refractivity contribution in [3.63, 3.8) is 0 Å². The van der Waals surface area contributed by atoms with E-state index in [0.29, 0.717) is 22.6 Å². The monoisotopic (exact) mass is 368 g/mol. The molecule has 1 aliphatic heterocycles. The highest BCUT2D eigenvalue weighted by Gasteiger charge is 2.32. The summed E-state index contributed by atoms with van der Waals surface area (Å²) < 4.78 is 10.3. The molecule has 0 aromatic heterocycles. The van der Waals surface area contributed by atoms with Crippen LogP contribution >= 0.6 is 0 Å². The minimum absolute atomic E-state index is 0.00489. The molecule has 2 aromatic rings. The van der Waals surface area contributed by atoms with Gasteiger partial charge in [-0.1, -0.05) is 18.2 Å². The molecule has 1 heterocycles. The average molecular weight is 368 g/mol. The second-order valence-electron chi connectivity index (χ2n) is 6.21. The van der Waals surface area contributed by atoms with E-state index >= 15 is 0 Å². The van der Waals surface area contributed by atoms with Gasteiger partial charge in [0.1, 0.15) is 11.9 Å². The summed E-state index contributed by atoms with van der Waals surface area (Å²) in [5, 5.41) is 2.72. The number of methoxy groups -OCH3 is 1. The molecule has 2 aromatic carbocycles. The number of nitrogens with one attached hydrogen (secondary N) is 1. The summed E-state index contributed by atoms with van der Waals surface area (Å²) in [6.45, 7) is -0.104. The van der Waals surface area contributed by atoms with Crippen molar-refractivity contribution < 1.29 is 23.9 Å². The van der Waals surface area contributed by atoms with Crippen LogP contribution in [0.25, 0.3) is 0 Å². The molecule has 0 saturated carbocycles. The molecule has 0 aliphatic carbocycles. The molecule has 0 spiro atoms. The Balaban J connectivity index is 1.54. The maximum Gasteiger partial charge on any atom is 0.339 e. The van der Waals surface area contributed by atoms with Gasteiger partial charge in [0.05, 0.1) is 25.6 Å². The van der Waals surface area contributed by atoms with Crippen LogP contribution in [0.3, 0.4) is 0 Å². The largest absolute Gasteiger partial charge is 0.497 e.